The van der Waals surface area contributed by atoms with E-state index in [2.05, 4.69) is 27.4 Å². The van der Waals surface area contributed by atoms with Gasteiger partial charge >= 0.3 is 0 Å². The summed E-state index contributed by atoms with van der Waals surface area (Å²) in [6.45, 7) is 1.60. The molecule has 2 rings (SSSR count). The van der Waals surface area contributed by atoms with Crippen molar-refractivity contribution in [3.8, 4) is 0 Å². The normalized spacial score (nSPS) is 10.5. The van der Waals surface area contributed by atoms with E-state index in [0.717, 1.165) is 20.7 Å². The van der Waals surface area contributed by atoms with Crippen LogP contribution in [0.3, 0.4) is 0 Å². The lowest BCUT2D eigenvalue weighted by molar-refractivity contribution is 0.101. The highest BCUT2D eigenvalue weighted by atomic mass is 79.9. The molecule has 1 heterocycles. The third-order valence-corrected chi connectivity index (χ3v) is 5.17. The van der Waals surface area contributed by atoms with Crippen LogP contribution in [0, 0.1) is 0 Å². The summed E-state index contributed by atoms with van der Waals surface area (Å²) < 4.78 is 1.13. The van der Waals surface area contributed by atoms with Gasteiger partial charge in [-0.3, -0.25) is 4.79 Å². The zero-order valence-corrected chi connectivity index (χ0v) is 12.5. The molecule has 0 atom stereocenters. The quantitative estimate of drug-likeness (QED) is 0.580. The van der Waals surface area contributed by atoms with Gasteiger partial charge in [0.05, 0.1) is 0 Å². The van der Waals surface area contributed by atoms with E-state index in [1.54, 1.807) is 30.0 Å². The Morgan fingerprint density at radius 3 is 2.88 bits per heavy atom. The first-order valence-electron chi connectivity index (χ1n) is 5.12. The Kier molecular flexibility index (Phi) is 4.42. The first-order chi connectivity index (χ1) is 8.15. The van der Waals surface area contributed by atoms with Crippen molar-refractivity contribution in [2.45, 2.75) is 17.6 Å². The lowest BCUT2D eigenvalue weighted by Crippen LogP contribution is -1.91. The first kappa shape index (κ1) is 12.9. The van der Waals surface area contributed by atoms with Gasteiger partial charge in [0, 0.05) is 30.9 Å². The third kappa shape index (κ3) is 3.69. The van der Waals surface area contributed by atoms with Crippen molar-refractivity contribution in [1.82, 2.24) is 0 Å². The number of thiophene rings is 1. The second kappa shape index (κ2) is 5.85. The monoisotopic (exact) mass is 326 g/mol. The van der Waals surface area contributed by atoms with Crippen molar-refractivity contribution in [2.75, 3.05) is 0 Å². The molecule has 0 spiro atoms. The van der Waals surface area contributed by atoms with Crippen LogP contribution < -0.4 is 0 Å². The van der Waals surface area contributed by atoms with E-state index < -0.39 is 0 Å². The molecule has 0 fully saturated rings. The van der Waals surface area contributed by atoms with Crippen molar-refractivity contribution >= 4 is 44.8 Å². The van der Waals surface area contributed by atoms with Crippen LogP contribution >= 0.6 is 39.0 Å². The number of carbonyl (C=O) groups is 1. The Morgan fingerprint density at radius 1 is 1.41 bits per heavy atom. The molecule has 0 aliphatic rings. The minimum absolute atomic E-state index is 0.117. The Hall–Kier alpha value is -0.580. The molecule has 0 aliphatic heterocycles. The van der Waals surface area contributed by atoms with Crippen molar-refractivity contribution in [1.29, 1.82) is 0 Å². The third-order valence-electron chi connectivity index (χ3n) is 2.24. The van der Waals surface area contributed by atoms with E-state index in [1.165, 1.54) is 4.88 Å². The second-order valence-electron chi connectivity index (χ2n) is 3.60. The Morgan fingerprint density at radius 2 is 2.24 bits per heavy atom. The van der Waals surface area contributed by atoms with Crippen LogP contribution in [0.1, 0.15) is 22.2 Å². The molecule has 0 saturated carbocycles. The highest BCUT2D eigenvalue weighted by Crippen LogP contribution is 2.28. The fourth-order valence-corrected chi connectivity index (χ4v) is 3.85. The Labute approximate surface area is 117 Å². The number of Topliss-reactive ketones (excluding diaryl/α,β-unsaturated/α-hetero) is 1. The Bertz CT molecular complexity index is 534. The zero-order valence-electron chi connectivity index (χ0n) is 9.27. The van der Waals surface area contributed by atoms with E-state index in [9.17, 15) is 4.79 Å². The van der Waals surface area contributed by atoms with Gasteiger partial charge in [0.1, 0.15) is 0 Å². The van der Waals surface area contributed by atoms with Crippen LogP contribution in [0.4, 0.5) is 0 Å². The van der Waals surface area contributed by atoms with E-state index in [1.807, 2.05) is 24.3 Å². The summed E-state index contributed by atoms with van der Waals surface area (Å²) in [7, 11) is 0. The molecule has 0 amide bonds. The largest absolute Gasteiger partial charge is 0.295 e. The van der Waals surface area contributed by atoms with Gasteiger partial charge in [-0.1, -0.05) is 12.1 Å². The summed E-state index contributed by atoms with van der Waals surface area (Å²) in [5, 5.41) is 2.09. The van der Waals surface area contributed by atoms with Gasteiger partial charge in [-0.25, -0.2) is 0 Å². The smallest absolute Gasteiger partial charge is 0.159 e. The average Bonchev–Trinajstić information content (AvgIpc) is 2.73. The zero-order chi connectivity index (χ0) is 12.3. The molecule has 0 radical (unpaired) electrons. The molecule has 1 aromatic heterocycles. The average molecular weight is 327 g/mol. The van der Waals surface area contributed by atoms with Crippen LogP contribution in [-0.2, 0) is 5.75 Å². The second-order valence-corrected chi connectivity index (χ2v) is 6.56. The summed E-state index contributed by atoms with van der Waals surface area (Å²) in [5.74, 6) is 1.06. The number of carbonyl (C=O) groups excluding carboxylic acids is 1. The molecule has 2 aromatic rings. The SMILES string of the molecule is CC(=O)c1cccc(SCc2cc(Br)cs2)c1. The van der Waals surface area contributed by atoms with E-state index >= 15 is 0 Å². The van der Waals surface area contributed by atoms with Crippen molar-refractivity contribution in [3.63, 3.8) is 0 Å². The standard InChI is InChI=1S/C13H11BrOS2/c1-9(15)10-3-2-4-12(5-10)17-8-13-6-11(14)7-16-13/h2-7H,8H2,1H3. The highest BCUT2D eigenvalue weighted by Gasteiger charge is 2.02. The van der Waals surface area contributed by atoms with Crippen LogP contribution in [0.5, 0.6) is 0 Å². The number of benzene rings is 1. The summed E-state index contributed by atoms with van der Waals surface area (Å²) in [6.07, 6.45) is 0. The van der Waals surface area contributed by atoms with Crippen LogP contribution in [0.2, 0.25) is 0 Å². The molecule has 1 nitrogen and oxygen atoms in total. The van der Waals surface area contributed by atoms with E-state index in [4.69, 9.17) is 0 Å². The maximum Gasteiger partial charge on any atom is 0.159 e. The summed E-state index contributed by atoms with van der Waals surface area (Å²) in [5.41, 5.74) is 0.780. The number of hydrogen-bond acceptors (Lipinski definition) is 3. The maximum absolute atomic E-state index is 11.3. The van der Waals surface area contributed by atoms with E-state index in [-0.39, 0.29) is 5.78 Å². The highest BCUT2D eigenvalue weighted by molar-refractivity contribution is 9.10. The van der Waals surface area contributed by atoms with Crippen LogP contribution in [0.15, 0.2) is 45.1 Å². The molecule has 0 aliphatic carbocycles. The van der Waals surface area contributed by atoms with Crippen molar-refractivity contribution in [3.05, 3.63) is 50.6 Å². The molecule has 88 valence electrons. The molecular weight excluding hydrogens is 316 g/mol. The molecule has 0 unspecified atom stereocenters. The van der Waals surface area contributed by atoms with Gasteiger partial charge < -0.3 is 0 Å². The predicted molar refractivity (Wildman–Crippen MR) is 78.0 cm³/mol. The van der Waals surface area contributed by atoms with Gasteiger partial charge in [0.25, 0.3) is 0 Å². The number of ketones is 1. The van der Waals surface area contributed by atoms with Gasteiger partial charge in [0.15, 0.2) is 5.78 Å². The summed E-state index contributed by atoms with van der Waals surface area (Å²) in [6, 6.07) is 9.92. The van der Waals surface area contributed by atoms with Crippen molar-refractivity contribution in [2.24, 2.45) is 0 Å². The molecule has 4 heteroatoms. The maximum atomic E-state index is 11.3. The molecule has 1 aromatic carbocycles. The summed E-state index contributed by atoms with van der Waals surface area (Å²) >= 11 is 6.95. The minimum atomic E-state index is 0.117. The number of halogens is 1. The Balaban J connectivity index is 2.04. The molecule has 0 saturated heterocycles. The van der Waals surface area contributed by atoms with E-state index in [0.29, 0.717) is 0 Å². The summed E-state index contributed by atoms with van der Waals surface area (Å²) in [4.78, 5) is 13.7. The van der Waals surface area contributed by atoms with Crippen molar-refractivity contribution < 1.29 is 4.79 Å². The van der Waals surface area contributed by atoms with Crippen LogP contribution in [0.25, 0.3) is 0 Å². The predicted octanol–water partition coefficient (Wildman–Crippen LogP) is 5.01. The number of thioether (sulfide) groups is 1. The number of hydrogen-bond donors (Lipinski definition) is 0. The fourth-order valence-electron chi connectivity index (χ4n) is 1.39. The lowest BCUT2D eigenvalue weighted by atomic mass is 10.2. The minimum Gasteiger partial charge on any atom is -0.295 e. The lowest BCUT2D eigenvalue weighted by Gasteiger charge is -2.01. The van der Waals surface area contributed by atoms with Gasteiger partial charge in [-0.2, -0.15) is 0 Å². The first-order valence-corrected chi connectivity index (χ1v) is 7.77. The molecule has 0 N–H and O–H groups in total. The van der Waals surface area contributed by atoms with Gasteiger partial charge in [0.2, 0.25) is 0 Å². The van der Waals surface area contributed by atoms with Crippen LogP contribution in [-0.4, -0.2) is 5.78 Å². The molecule has 17 heavy (non-hydrogen) atoms. The fraction of sp³-hybridized carbons (Fsp3) is 0.154. The topological polar surface area (TPSA) is 17.1 Å². The molecule has 0 bridgehead atoms. The molecular formula is C13H11BrOS2. The number of rotatable bonds is 4. The van der Waals surface area contributed by atoms with Gasteiger partial charge in [-0.15, -0.1) is 23.1 Å². The van der Waals surface area contributed by atoms with Gasteiger partial charge in [-0.05, 0) is 41.1 Å².